The van der Waals surface area contributed by atoms with E-state index in [2.05, 4.69) is 25.6 Å². The molecule has 0 aliphatic heterocycles. The first kappa shape index (κ1) is 23.4. The van der Waals surface area contributed by atoms with Crippen LogP contribution in [0.2, 0.25) is 0 Å². The van der Waals surface area contributed by atoms with Crippen molar-refractivity contribution in [2.24, 2.45) is 0 Å². The molecule has 0 radical (unpaired) electrons. The van der Waals surface area contributed by atoms with Crippen LogP contribution in [-0.4, -0.2) is 10.5 Å². The molecule has 0 heterocycles. The van der Waals surface area contributed by atoms with Crippen molar-refractivity contribution in [1.82, 2.24) is 0 Å². The van der Waals surface area contributed by atoms with Crippen LogP contribution < -0.4 is 0 Å². The van der Waals surface area contributed by atoms with Crippen LogP contribution in [0.5, 0.6) is 0 Å². The average Bonchev–Trinajstić information content (AvgIpc) is 2.47. The molecule has 0 amide bonds. The maximum absolute atomic E-state index is 2.39. The van der Waals surface area contributed by atoms with Gasteiger partial charge < -0.3 is 0 Å². The van der Waals surface area contributed by atoms with E-state index in [-0.39, 0.29) is 0 Å². The minimum atomic E-state index is 0.901. The van der Waals surface area contributed by atoms with Crippen molar-refractivity contribution < 1.29 is 0 Å². The highest BCUT2D eigenvalue weighted by Crippen LogP contribution is 2.32. The van der Waals surface area contributed by atoms with Crippen molar-refractivity contribution in [2.45, 2.75) is 111 Å². The molecule has 1 saturated carbocycles. The first-order valence-corrected chi connectivity index (χ1v) is 9.42. The van der Waals surface area contributed by atoms with Gasteiger partial charge in [-0.2, -0.15) is 11.8 Å². The zero-order valence-corrected chi connectivity index (χ0v) is 15.3. The third-order valence-electron chi connectivity index (χ3n) is 2.67. The van der Waals surface area contributed by atoms with Gasteiger partial charge in [-0.3, -0.25) is 0 Å². The molecule has 1 aliphatic rings. The molecule has 114 valence electrons. The van der Waals surface area contributed by atoms with Crippen LogP contribution in [0.4, 0.5) is 0 Å². The van der Waals surface area contributed by atoms with Gasteiger partial charge in [-0.25, -0.2) is 0 Å². The molecule has 1 fully saturated rings. The first-order valence-electron chi connectivity index (χ1n) is 8.48. The van der Waals surface area contributed by atoms with Gasteiger partial charge in [0.15, 0.2) is 0 Å². The van der Waals surface area contributed by atoms with Crippen LogP contribution in [0, 0.1) is 0 Å². The Balaban J connectivity index is -0.000000328. The number of hydrogen-bond acceptors (Lipinski definition) is 1. The summed E-state index contributed by atoms with van der Waals surface area (Å²) in [4.78, 5) is 0. The van der Waals surface area contributed by atoms with Crippen molar-refractivity contribution in [3.05, 3.63) is 0 Å². The standard InChI is InChI=1S/C11H22S.3C2H6/c1-3-7-10(2)12-11-8-5-4-6-9-11;3*1-2/h10-11H,3-9H2,1-2H3;3*1-2H3. The highest BCUT2D eigenvalue weighted by molar-refractivity contribution is 8.00. The summed E-state index contributed by atoms with van der Waals surface area (Å²) in [6.07, 6.45) is 10.2. The molecule has 0 aromatic heterocycles. The summed E-state index contributed by atoms with van der Waals surface area (Å²) in [5, 5.41) is 1.90. The molecule has 0 nitrogen and oxygen atoms in total. The third kappa shape index (κ3) is 16.4. The molecule has 0 N–H and O–H groups in total. The van der Waals surface area contributed by atoms with Crippen LogP contribution >= 0.6 is 11.8 Å². The Morgan fingerprint density at radius 1 is 0.889 bits per heavy atom. The molecule has 0 spiro atoms. The molecule has 1 aliphatic carbocycles. The van der Waals surface area contributed by atoms with Crippen LogP contribution in [0.3, 0.4) is 0 Å². The Morgan fingerprint density at radius 2 is 1.33 bits per heavy atom. The highest BCUT2D eigenvalue weighted by atomic mass is 32.2. The SMILES string of the molecule is CC.CC.CC.CCCC(C)SC1CCCCC1. The van der Waals surface area contributed by atoms with Gasteiger partial charge in [-0.1, -0.05) is 81.1 Å². The van der Waals surface area contributed by atoms with Gasteiger partial charge in [0.2, 0.25) is 0 Å². The maximum atomic E-state index is 2.39. The lowest BCUT2D eigenvalue weighted by molar-refractivity contribution is 0.514. The van der Waals surface area contributed by atoms with Crippen LogP contribution in [0.25, 0.3) is 0 Å². The minimum Gasteiger partial charge on any atom is -0.155 e. The normalized spacial score (nSPS) is 16.0. The van der Waals surface area contributed by atoms with E-state index in [4.69, 9.17) is 0 Å². The molecule has 0 aromatic carbocycles. The smallest absolute Gasteiger partial charge is 0.00497 e. The van der Waals surface area contributed by atoms with E-state index >= 15 is 0 Å². The topological polar surface area (TPSA) is 0 Å². The van der Waals surface area contributed by atoms with Gasteiger partial charge in [0, 0.05) is 10.5 Å². The van der Waals surface area contributed by atoms with Crippen molar-refractivity contribution in [1.29, 1.82) is 0 Å². The Bertz CT molecular complexity index is 106. The molecule has 18 heavy (non-hydrogen) atoms. The second-order valence-electron chi connectivity index (χ2n) is 4.00. The van der Waals surface area contributed by atoms with E-state index in [0.29, 0.717) is 0 Å². The third-order valence-corrected chi connectivity index (χ3v) is 4.23. The molecule has 1 heteroatoms. The van der Waals surface area contributed by atoms with Gasteiger partial charge in [0.05, 0.1) is 0 Å². The van der Waals surface area contributed by atoms with Crippen molar-refractivity contribution in [3.8, 4) is 0 Å². The molecular weight excluding hydrogens is 236 g/mol. The molecule has 1 rings (SSSR count). The highest BCUT2D eigenvalue weighted by Gasteiger charge is 2.15. The summed E-state index contributed by atoms with van der Waals surface area (Å²) >= 11 is 2.25. The van der Waals surface area contributed by atoms with Gasteiger partial charge in [-0.15, -0.1) is 0 Å². The zero-order chi connectivity index (χ0) is 14.8. The molecule has 0 aromatic rings. The summed E-state index contributed by atoms with van der Waals surface area (Å²) in [6.45, 7) is 16.7. The monoisotopic (exact) mass is 276 g/mol. The quantitative estimate of drug-likeness (QED) is 0.518. The minimum absolute atomic E-state index is 0.901. The molecule has 0 bridgehead atoms. The van der Waals surface area contributed by atoms with Gasteiger partial charge >= 0.3 is 0 Å². The summed E-state index contributed by atoms with van der Waals surface area (Å²) in [6, 6.07) is 0. The Kier molecular flexibility index (Phi) is 29.3. The number of rotatable bonds is 4. The van der Waals surface area contributed by atoms with Gasteiger partial charge in [0.1, 0.15) is 0 Å². The largest absolute Gasteiger partial charge is 0.155 e. The Labute approximate surface area is 123 Å². The van der Waals surface area contributed by atoms with E-state index in [1.54, 1.807) is 0 Å². The first-order chi connectivity index (χ1) is 8.83. The molecule has 1 atom stereocenters. The lowest BCUT2D eigenvalue weighted by Crippen LogP contribution is -2.12. The number of hydrogen-bond donors (Lipinski definition) is 0. The fourth-order valence-corrected chi connectivity index (χ4v) is 3.64. The van der Waals surface area contributed by atoms with Gasteiger partial charge in [-0.05, 0) is 19.3 Å². The van der Waals surface area contributed by atoms with E-state index in [0.717, 1.165) is 10.5 Å². The fraction of sp³-hybridized carbons (Fsp3) is 1.00. The lowest BCUT2D eigenvalue weighted by Gasteiger charge is -2.24. The van der Waals surface area contributed by atoms with E-state index in [9.17, 15) is 0 Å². The summed E-state index contributed by atoms with van der Waals surface area (Å²) in [7, 11) is 0. The summed E-state index contributed by atoms with van der Waals surface area (Å²) < 4.78 is 0. The summed E-state index contributed by atoms with van der Waals surface area (Å²) in [5.41, 5.74) is 0. The molecule has 0 saturated heterocycles. The van der Waals surface area contributed by atoms with Crippen molar-refractivity contribution in [3.63, 3.8) is 0 Å². The zero-order valence-electron chi connectivity index (χ0n) is 14.5. The van der Waals surface area contributed by atoms with E-state index in [1.807, 2.05) is 41.5 Å². The van der Waals surface area contributed by atoms with Crippen LogP contribution in [0.1, 0.15) is 100 Å². The Hall–Kier alpha value is 0.350. The van der Waals surface area contributed by atoms with E-state index < -0.39 is 0 Å². The second-order valence-corrected chi connectivity index (χ2v) is 5.74. The van der Waals surface area contributed by atoms with Crippen LogP contribution in [-0.2, 0) is 0 Å². The van der Waals surface area contributed by atoms with Gasteiger partial charge in [0.25, 0.3) is 0 Å². The molecular formula is C17H40S. The van der Waals surface area contributed by atoms with Crippen molar-refractivity contribution in [2.75, 3.05) is 0 Å². The lowest BCUT2D eigenvalue weighted by atomic mass is 10.0. The molecule has 1 unspecified atom stereocenters. The Morgan fingerprint density at radius 3 is 1.72 bits per heavy atom. The van der Waals surface area contributed by atoms with Crippen LogP contribution in [0.15, 0.2) is 0 Å². The maximum Gasteiger partial charge on any atom is 0.00497 e. The summed E-state index contributed by atoms with van der Waals surface area (Å²) in [5.74, 6) is 0. The average molecular weight is 277 g/mol. The number of thioether (sulfide) groups is 1. The predicted molar refractivity (Wildman–Crippen MR) is 92.9 cm³/mol. The second kappa shape index (κ2) is 22.5. The van der Waals surface area contributed by atoms with Crippen molar-refractivity contribution >= 4 is 11.8 Å². The van der Waals surface area contributed by atoms with E-state index in [1.165, 1.54) is 44.9 Å². The predicted octanol–water partition coefficient (Wildman–Crippen LogP) is 7.32. The fourth-order valence-electron chi connectivity index (χ4n) is 2.00.